The Balaban J connectivity index is 1.29. The fourth-order valence-electron chi connectivity index (χ4n) is 5.18. The van der Waals surface area contributed by atoms with Crippen molar-refractivity contribution in [3.05, 3.63) is 91.9 Å². The van der Waals surface area contributed by atoms with E-state index < -0.39 is 10.9 Å². The highest BCUT2D eigenvalue weighted by molar-refractivity contribution is 5.99. The summed E-state index contributed by atoms with van der Waals surface area (Å²) in [5, 5.41) is 17.1. The van der Waals surface area contributed by atoms with Crippen molar-refractivity contribution in [1.29, 1.82) is 0 Å². The third kappa shape index (κ3) is 5.30. The molecule has 2 heterocycles. The second-order valence-corrected chi connectivity index (χ2v) is 10.0. The predicted octanol–water partition coefficient (Wildman–Crippen LogP) is 3.80. The molecule has 0 radical (unpaired) electrons. The molecular formula is C30H33N5O4. The van der Waals surface area contributed by atoms with E-state index in [-0.39, 0.29) is 46.4 Å². The largest absolute Gasteiger partial charge is 0.505 e. The molecule has 2 aliphatic heterocycles. The molecule has 9 heteroatoms. The Morgan fingerprint density at radius 1 is 1.03 bits per heavy atom. The van der Waals surface area contributed by atoms with Crippen molar-refractivity contribution in [1.82, 2.24) is 9.80 Å². The Kier molecular flexibility index (Phi) is 7.49. The fraction of sp³-hybridized carbons (Fsp3) is 0.333. The van der Waals surface area contributed by atoms with Gasteiger partial charge in [0.25, 0.3) is 16.8 Å². The minimum atomic E-state index is -0.663. The molecule has 3 aromatic carbocycles. The summed E-state index contributed by atoms with van der Waals surface area (Å²) in [6, 6.07) is 14.6. The number of nitrogens with zero attached hydrogens (tertiary/aromatic N) is 3. The van der Waals surface area contributed by atoms with Gasteiger partial charge < -0.3 is 25.5 Å². The molecule has 1 fully saturated rings. The minimum Gasteiger partial charge on any atom is -0.505 e. The van der Waals surface area contributed by atoms with Crippen LogP contribution in [0.2, 0.25) is 0 Å². The molecule has 0 aromatic heterocycles. The summed E-state index contributed by atoms with van der Waals surface area (Å²) >= 11 is 0. The third-order valence-electron chi connectivity index (χ3n) is 7.45. The van der Waals surface area contributed by atoms with Gasteiger partial charge in [0.05, 0.1) is 23.3 Å². The van der Waals surface area contributed by atoms with Crippen LogP contribution in [-0.4, -0.2) is 59.2 Å². The molecule has 202 valence electrons. The van der Waals surface area contributed by atoms with Crippen LogP contribution in [0.5, 0.6) is 5.75 Å². The zero-order chi connectivity index (χ0) is 27.5. The zero-order valence-corrected chi connectivity index (χ0v) is 22.2. The van der Waals surface area contributed by atoms with Crippen molar-refractivity contribution < 1.29 is 9.90 Å². The summed E-state index contributed by atoms with van der Waals surface area (Å²) in [6.45, 7) is 6.54. The lowest BCUT2D eigenvalue weighted by Gasteiger charge is -2.38. The number of aliphatic imine (C=N–C) groups is 1. The zero-order valence-electron chi connectivity index (χ0n) is 22.2. The predicted molar refractivity (Wildman–Crippen MR) is 154 cm³/mol. The van der Waals surface area contributed by atoms with Gasteiger partial charge in [0.15, 0.2) is 5.75 Å². The van der Waals surface area contributed by atoms with Crippen LogP contribution >= 0.6 is 0 Å². The summed E-state index contributed by atoms with van der Waals surface area (Å²) in [4.78, 5) is 46.6. The number of carbonyl (C=O) groups is 1. The number of rotatable bonds is 8. The van der Waals surface area contributed by atoms with Gasteiger partial charge in [0.2, 0.25) is 0 Å². The van der Waals surface area contributed by atoms with E-state index in [1.807, 2.05) is 49.5 Å². The maximum Gasteiger partial charge on any atom is 0.257 e. The van der Waals surface area contributed by atoms with E-state index >= 15 is 0 Å². The highest BCUT2D eigenvalue weighted by Crippen LogP contribution is 2.34. The first-order chi connectivity index (χ1) is 18.9. The van der Waals surface area contributed by atoms with E-state index in [0.717, 1.165) is 12.0 Å². The normalized spacial score (nSPS) is 18.1. The SMILES string of the molecule is CC[C@@H](Nc1c(Nc2cccc(C(=O)N3CCN(C4=CC=NC(C)C4)CC3)c2O)c(=O)c1=O)c1ccccc1. The van der Waals surface area contributed by atoms with Crippen LogP contribution in [0.4, 0.5) is 17.1 Å². The number of hydrogen-bond donors (Lipinski definition) is 3. The van der Waals surface area contributed by atoms with Gasteiger partial charge in [-0.15, -0.1) is 0 Å². The second kappa shape index (κ2) is 11.1. The van der Waals surface area contributed by atoms with E-state index in [0.29, 0.717) is 32.6 Å². The number of benzene rings is 2. The molecule has 0 spiro atoms. The van der Waals surface area contributed by atoms with E-state index in [1.165, 1.54) is 5.70 Å². The van der Waals surface area contributed by atoms with Crippen molar-refractivity contribution in [3.63, 3.8) is 0 Å². The van der Waals surface area contributed by atoms with Crippen LogP contribution in [0, 0.1) is 0 Å². The number of aromatic hydroxyl groups is 1. The van der Waals surface area contributed by atoms with E-state index in [9.17, 15) is 19.5 Å². The first-order valence-electron chi connectivity index (χ1n) is 13.4. The number of anilines is 3. The van der Waals surface area contributed by atoms with Gasteiger partial charge in [-0.05, 0) is 37.1 Å². The summed E-state index contributed by atoms with van der Waals surface area (Å²) in [5.41, 5.74) is 1.57. The van der Waals surface area contributed by atoms with Crippen molar-refractivity contribution in [2.45, 2.75) is 38.8 Å². The molecule has 0 aliphatic carbocycles. The maximum atomic E-state index is 13.3. The van der Waals surface area contributed by atoms with Gasteiger partial charge in [-0.2, -0.15) is 0 Å². The average molecular weight is 528 g/mol. The second-order valence-electron chi connectivity index (χ2n) is 10.0. The number of hydrogen-bond acceptors (Lipinski definition) is 8. The number of para-hydroxylation sites is 1. The Morgan fingerprint density at radius 2 is 1.74 bits per heavy atom. The Labute approximate surface area is 227 Å². The molecule has 9 nitrogen and oxygen atoms in total. The monoisotopic (exact) mass is 527 g/mol. The topological polar surface area (TPSA) is 114 Å². The Morgan fingerprint density at radius 3 is 2.44 bits per heavy atom. The molecule has 2 aliphatic rings. The number of dihydropyridines is 1. The smallest absolute Gasteiger partial charge is 0.257 e. The van der Waals surface area contributed by atoms with Crippen molar-refractivity contribution in [2.24, 2.45) is 4.99 Å². The molecule has 3 N–H and O–H groups in total. The number of amides is 1. The number of piperazine rings is 1. The lowest BCUT2D eigenvalue weighted by Crippen LogP contribution is -2.48. The lowest BCUT2D eigenvalue weighted by atomic mass is 10.0. The number of nitrogens with one attached hydrogen (secondary N) is 2. The molecular weight excluding hydrogens is 494 g/mol. The first kappa shape index (κ1) is 26.2. The van der Waals surface area contributed by atoms with Gasteiger partial charge in [0.1, 0.15) is 11.4 Å². The lowest BCUT2D eigenvalue weighted by molar-refractivity contribution is 0.0663. The van der Waals surface area contributed by atoms with E-state index in [2.05, 4.69) is 27.4 Å². The quantitative estimate of drug-likeness (QED) is 0.302. The number of phenols is 1. The van der Waals surface area contributed by atoms with Gasteiger partial charge >= 0.3 is 0 Å². The van der Waals surface area contributed by atoms with Gasteiger partial charge in [0, 0.05) is 44.5 Å². The minimum absolute atomic E-state index is 0.0846. The van der Waals surface area contributed by atoms with Gasteiger partial charge in [-0.3, -0.25) is 19.4 Å². The van der Waals surface area contributed by atoms with Gasteiger partial charge in [-0.1, -0.05) is 43.3 Å². The number of carbonyl (C=O) groups excluding carboxylic acids is 1. The molecule has 1 amide bonds. The molecule has 3 aromatic rings. The van der Waals surface area contributed by atoms with Crippen LogP contribution < -0.4 is 21.5 Å². The summed E-state index contributed by atoms with van der Waals surface area (Å²) in [5.74, 6) is -0.527. The highest BCUT2D eigenvalue weighted by atomic mass is 16.3. The molecule has 1 unspecified atom stereocenters. The molecule has 39 heavy (non-hydrogen) atoms. The van der Waals surface area contributed by atoms with Crippen molar-refractivity contribution in [3.8, 4) is 5.75 Å². The maximum absolute atomic E-state index is 13.3. The fourth-order valence-corrected chi connectivity index (χ4v) is 5.18. The summed E-state index contributed by atoms with van der Waals surface area (Å²) < 4.78 is 0. The number of allylic oxidation sites excluding steroid dienone is 1. The van der Waals surface area contributed by atoms with Crippen LogP contribution in [-0.2, 0) is 0 Å². The standard InChI is InChI=1S/C30H33N5O4/c1-3-23(20-8-5-4-6-9-20)32-25-26(29(38)28(25)37)33-24-11-7-10-22(27(24)36)30(39)35-16-14-34(15-17-35)21-12-13-31-19(2)18-21/h4-13,19,23,32-33,36H,3,14-18H2,1-2H3/t19?,23-/m1/s1. The van der Waals surface area contributed by atoms with Crippen LogP contribution in [0.25, 0.3) is 0 Å². The summed E-state index contributed by atoms with van der Waals surface area (Å²) in [7, 11) is 0. The highest BCUT2D eigenvalue weighted by Gasteiger charge is 2.28. The Bertz CT molecular complexity index is 1480. The molecule has 2 atom stereocenters. The number of phenolic OH excluding ortho intramolecular Hbond substituents is 1. The summed E-state index contributed by atoms with van der Waals surface area (Å²) in [6.07, 6.45) is 5.47. The van der Waals surface area contributed by atoms with Crippen molar-refractivity contribution >= 4 is 29.2 Å². The molecule has 1 saturated heterocycles. The van der Waals surface area contributed by atoms with E-state index in [4.69, 9.17) is 0 Å². The average Bonchev–Trinajstić information content (AvgIpc) is 2.97. The Hall–Kier alpha value is -4.40. The molecule has 0 bridgehead atoms. The third-order valence-corrected chi connectivity index (χ3v) is 7.45. The van der Waals surface area contributed by atoms with Crippen molar-refractivity contribution in [2.75, 3.05) is 36.8 Å². The van der Waals surface area contributed by atoms with Gasteiger partial charge in [-0.25, -0.2) is 0 Å². The van der Waals surface area contributed by atoms with Crippen LogP contribution in [0.15, 0.2) is 74.9 Å². The molecule has 5 rings (SSSR count). The molecule has 0 saturated carbocycles. The van der Waals surface area contributed by atoms with Crippen LogP contribution in [0.1, 0.15) is 48.7 Å². The van der Waals surface area contributed by atoms with E-state index in [1.54, 1.807) is 23.1 Å². The first-order valence-corrected chi connectivity index (χ1v) is 13.4. The van der Waals surface area contributed by atoms with Crippen LogP contribution in [0.3, 0.4) is 0 Å².